The number of nitrogens with one attached hydrogen (secondary N) is 2. The second-order valence-electron chi connectivity index (χ2n) is 5.51. The van der Waals surface area contributed by atoms with E-state index in [4.69, 9.17) is 9.47 Å². The van der Waals surface area contributed by atoms with Gasteiger partial charge >= 0.3 is 0 Å². The van der Waals surface area contributed by atoms with Crippen LogP contribution in [-0.4, -0.2) is 25.2 Å². The maximum absolute atomic E-state index is 14.0. The van der Waals surface area contributed by atoms with Crippen LogP contribution in [0.15, 0.2) is 24.3 Å². The molecule has 0 spiro atoms. The Bertz CT molecular complexity index is 668. The van der Waals surface area contributed by atoms with Gasteiger partial charge in [0.15, 0.2) is 11.6 Å². The Morgan fingerprint density at radius 1 is 1.00 bits per heavy atom. The molecule has 1 aromatic heterocycles. The summed E-state index contributed by atoms with van der Waals surface area (Å²) in [6, 6.07) is 6.97. The average molecular weight is 319 g/mol. The van der Waals surface area contributed by atoms with Crippen LogP contribution in [0.5, 0.6) is 11.5 Å². The molecule has 1 heterocycles. The zero-order chi connectivity index (χ0) is 17.0. The van der Waals surface area contributed by atoms with Crippen molar-refractivity contribution in [3.05, 3.63) is 35.6 Å². The van der Waals surface area contributed by atoms with Gasteiger partial charge < -0.3 is 20.1 Å². The van der Waals surface area contributed by atoms with E-state index in [2.05, 4.69) is 15.6 Å². The van der Waals surface area contributed by atoms with Crippen LogP contribution < -0.4 is 20.1 Å². The lowest BCUT2D eigenvalue weighted by Crippen LogP contribution is -2.13. The van der Waals surface area contributed by atoms with Crippen molar-refractivity contribution in [2.45, 2.75) is 26.8 Å². The van der Waals surface area contributed by atoms with Crippen LogP contribution in [0.2, 0.25) is 0 Å². The van der Waals surface area contributed by atoms with Gasteiger partial charge in [-0.2, -0.15) is 0 Å². The molecule has 0 radical (unpaired) electrons. The van der Waals surface area contributed by atoms with Crippen molar-refractivity contribution in [3.63, 3.8) is 0 Å². The zero-order valence-corrected chi connectivity index (χ0v) is 14.0. The highest BCUT2D eigenvalue weighted by atomic mass is 19.1. The van der Waals surface area contributed by atoms with Crippen molar-refractivity contribution in [2.24, 2.45) is 0 Å². The highest BCUT2D eigenvalue weighted by Crippen LogP contribution is 2.29. The molecule has 2 aromatic rings. The Labute approximate surface area is 135 Å². The predicted molar refractivity (Wildman–Crippen MR) is 90.5 cm³/mol. The molecule has 0 unspecified atom stereocenters. The summed E-state index contributed by atoms with van der Waals surface area (Å²) in [5, 5.41) is 6.18. The van der Waals surface area contributed by atoms with Gasteiger partial charge in [-0.1, -0.05) is 0 Å². The molecule has 0 fully saturated rings. The molecule has 0 aliphatic heterocycles. The summed E-state index contributed by atoms with van der Waals surface area (Å²) in [5.74, 6) is 1.75. The zero-order valence-electron chi connectivity index (χ0n) is 14.0. The number of methoxy groups -OCH3 is 2. The van der Waals surface area contributed by atoms with E-state index in [0.717, 1.165) is 5.69 Å². The first kappa shape index (κ1) is 16.9. The number of anilines is 3. The maximum Gasteiger partial charge on any atom is 0.165 e. The van der Waals surface area contributed by atoms with Crippen LogP contribution >= 0.6 is 0 Å². The fraction of sp³-hybridized carbons (Fsp3) is 0.353. The van der Waals surface area contributed by atoms with Gasteiger partial charge in [-0.05, 0) is 32.4 Å². The van der Waals surface area contributed by atoms with Crippen LogP contribution in [0.4, 0.5) is 21.7 Å². The van der Waals surface area contributed by atoms with Crippen molar-refractivity contribution < 1.29 is 13.9 Å². The van der Waals surface area contributed by atoms with Crippen molar-refractivity contribution in [2.75, 3.05) is 24.9 Å². The average Bonchev–Trinajstić information content (AvgIpc) is 2.51. The van der Waals surface area contributed by atoms with Crippen LogP contribution in [-0.2, 0) is 0 Å². The Morgan fingerprint density at radius 3 is 2.13 bits per heavy atom. The third-order valence-corrected chi connectivity index (χ3v) is 3.21. The van der Waals surface area contributed by atoms with E-state index in [1.807, 2.05) is 26.0 Å². The van der Waals surface area contributed by atoms with Crippen molar-refractivity contribution >= 4 is 17.3 Å². The van der Waals surface area contributed by atoms with Crippen molar-refractivity contribution in [1.82, 2.24) is 4.98 Å². The Balaban J connectivity index is 2.35. The molecule has 0 aliphatic carbocycles. The van der Waals surface area contributed by atoms with Crippen LogP contribution in [0, 0.1) is 12.7 Å². The standard InChI is InChI=1S/C17H22FN3O2/c1-10(2)19-17-15(18)6-11(3)16(21-17)20-12-7-13(22-4)9-14(8-12)23-5/h6-10H,1-5H3,(H2,19,20,21). The number of ether oxygens (including phenoxy) is 2. The lowest BCUT2D eigenvalue weighted by Gasteiger charge is -2.15. The van der Waals surface area contributed by atoms with Crippen LogP contribution in [0.25, 0.3) is 0 Å². The second kappa shape index (κ2) is 7.17. The largest absolute Gasteiger partial charge is 0.497 e. The summed E-state index contributed by atoms with van der Waals surface area (Å²) < 4.78 is 24.5. The Hall–Kier alpha value is -2.50. The van der Waals surface area contributed by atoms with Gasteiger partial charge in [0.25, 0.3) is 0 Å². The highest BCUT2D eigenvalue weighted by Gasteiger charge is 2.11. The van der Waals surface area contributed by atoms with Gasteiger partial charge in [-0.3, -0.25) is 0 Å². The number of hydrogen-bond donors (Lipinski definition) is 2. The van der Waals surface area contributed by atoms with E-state index in [9.17, 15) is 4.39 Å². The number of hydrogen-bond acceptors (Lipinski definition) is 5. The minimum Gasteiger partial charge on any atom is -0.497 e. The SMILES string of the molecule is COc1cc(Nc2nc(NC(C)C)c(F)cc2C)cc(OC)c1. The molecule has 2 rings (SSSR count). The molecular weight excluding hydrogens is 297 g/mol. The van der Waals surface area contributed by atoms with Gasteiger partial charge in [-0.15, -0.1) is 0 Å². The molecule has 6 heteroatoms. The van der Waals surface area contributed by atoms with E-state index < -0.39 is 0 Å². The summed E-state index contributed by atoms with van der Waals surface area (Å²) in [6.45, 7) is 5.66. The number of aromatic nitrogens is 1. The van der Waals surface area contributed by atoms with E-state index in [-0.39, 0.29) is 17.7 Å². The van der Waals surface area contributed by atoms with Gasteiger partial charge in [0.2, 0.25) is 0 Å². The molecule has 0 saturated carbocycles. The summed E-state index contributed by atoms with van der Waals surface area (Å²) in [5.41, 5.74) is 1.46. The van der Waals surface area contributed by atoms with Crippen molar-refractivity contribution in [1.29, 1.82) is 0 Å². The molecule has 23 heavy (non-hydrogen) atoms. The fourth-order valence-corrected chi connectivity index (χ4v) is 2.10. The third-order valence-electron chi connectivity index (χ3n) is 3.21. The first-order valence-corrected chi connectivity index (χ1v) is 7.36. The van der Waals surface area contributed by atoms with Gasteiger partial charge in [0.1, 0.15) is 17.3 Å². The summed E-state index contributed by atoms with van der Waals surface area (Å²) in [7, 11) is 3.18. The number of nitrogens with zero attached hydrogens (tertiary/aromatic N) is 1. The van der Waals surface area contributed by atoms with E-state index >= 15 is 0 Å². The minimum absolute atomic E-state index is 0.0875. The molecule has 0 saturated heterocycles. The van der Waals surface area contributed by atoms with Gasteiger partial charge in [0.05, 0.1) is 14.2 Å². The number of rotatable bonds is 6. The van der Waals surface area contributed by atoms with Crippen LogP contribution in [0.1, 0.15) is 19.4 Å². The first-order chi connectivity index (χ1) is 10.9. The van der Waals surface area contributed by atoms with E-state index in [1.54, 1.807) is 27.2 Å². The Kier molecular flexibility index (Phi) is 5.26. The lowest BCUT2D eigenvalue weighted by atomic mass is 10.2. The summed E-state index contributed by atoms with van der Waals surface area (Å²) in [4.78, 5) is 4.34. The fourth-order valence-electron chi connectivity index (χ4n) is 2.10. The second-order valence-corrected chi connectivity index (χ2v) is 5.51. The normalized spacial score (nSPS) is 10.6. The molecule has 1 aromatic carbocycles. The van der Waals surface area contributed by atoms with Crippen molar-refractivity contribution in [3.8, 4) is 11.5 Å². The molecule has 2 N–H and O–H groups in total. The summed E-state index contributed by atoms with van der Waals surface area (Å²) in [6.07, 6.45) is 0. The highest BCUT2D eigenvalue weighted by molar-refractivity contribution is 5.65. The molecule has 0 atom stereocenters. The molecule has 0 aliphatic rings. The monoisotopic (exact) mass is 319 g/mol. The molecule has 124 valence electrons. The summed E-state index contributed by atoms with van der Waals surface area (Å²) >= 11 is 0. The Morgan fingerprint density at radius 2 is 1.61 bits per heavy atom. The van der Waals surface area contributed by atoms with Crippen LogP contribution in [0.3, 0.4) is 0 Å². The molecule has 0 bridgehead atoms. The maximum atomic E-state index is 14.0. The van der Waals surface area contributed by atoms with Gasteiger partial charge in [0, 0.05) is 29.9 Å². The number of pyridine rings is 1. The molecule has 5 nitrogen and oxygen atoms in total. The number of halogens is 1. The third kappa shape index (κ3) is 4.25. The molecular formula is C17H22FN3O2. The number of benzene rings is 1. The smallest absolute Gasteiger partial charge is 0.165 e. The van der Waals surface area contributed by atoms with Gasteiger partial charge in [-0.25, -0.2) is 9.37 Å². The quantitative estimate of drug-likeness (QED) is 0.839. The number of aryl methyl sites for hydroxylation is 1. The first-order valence-electron chi connectivity index (χ1n) is 7.36. The molecule has 0 amide bonds. The minimum atomic E-state index is -0.370. The van der Waals surface area contributed by atoms with E-state index in [1.165, 1.54) is 6.07 Å². The topological polar surface area (TPSA) is 55.4 Å². The predicted octanol–water partition coefficient (Wildman–Crippen LogP) is 4.11. The lowest BCUT2D eigenvalue weighted by molar-refractivity contribution is 0.395. The van der Waals surface area contributed by atoms with E-state index in [0.29, 0.717) is 22.9 Å².